The zero-order valence-corrected chi connectivity index (χ0v) is 8.83. The van der Waals surface area contributed by atoms with E-state index in [9.17, 15) is 10.1 Å². The second kappa shape index (κ2) is 3.52. The summed E-state index contributed by atoms with van der Waals surface area (Å²) in [5, 5.41) is 13.3. The Balaban J connectivity index is 2.59. The van der Waals surface area contributed by atoms with E-state index in [-0.39, 0.29) is 10.6 Å². The van der Waals surface area contributed by atoms with Gasteiger partial charge in [-0.05, 0) is 6.07 Å². The fraction of sp³-hybridized carbons (Fsp3) is 0. The number of benzene rings is 2. The first-order valence-electron chi connectivity index (χ1n) is 5.18. The van der Waals surface area contributed by atoms with Crippen molar-refractivity contribution in [3.63, 3.8) is 0 Å². The van der Waals surface area contributed by atoms with Crippen molar-refractivity contribution in [2.45, 2.75) is 0 Å². The predicted octanol–water partition coefficient (Wildman–Crippen LogP) is 3.30. The summed E-state index contributed by atoms with van der Waals surface area (Å²) in [6.45, 7) is 0. The van der Waals surface area contributed by atoms with E-state index in [0.29, 0.717) is 5.39 Å². The molecule has 3 rings (SSSR count). The fourth-order valence-electron chi connectivity index (χ4n) is 2.05. The number of pyridine rings is 1. The molecule has 82 valence electrons. The van der Waals surface area contributed by atoms with Gasteiger partial charge in [-0.2, -0.15) is 0 Å². The molecule has 17 heavy (non-hydrogen) atoms. The molecule has 1 heterocycles. The molecule has 0 unspecified atom stereocenters. The minimum atomic E-state index is -0.352. The van der Waals surface area contributed by atoms with Gasteiger partial charge in [0.15, 0.2) is 0 Å². The highest BCUT2D eigenvalue weighted by atomic mass is 16.6. The average molecular weight is 224 g/mol. The zero-order valence-electron chi connectivity index (χ0n) is 8.83. The minimum absolute atomic E-state index is 0.126. The van der Waals surface area contributed by atoms with Crippen molar-refractivity contribution in [3.8, 4) is 0 Å². The highest BCUT2D eigenvalue weighted by molar-refractivity contribution is 6.10. The summed E-state index contributed by atoms with van der Waals surface area (Å²) in [5.41, 5.74) is 0.899. The molecule has 0 bridgehead atoms. The first kappa shape index (κ1) is 9.72. The number of para-hydroxylation sites is 1. The number of nitro benzene ring substituents is 1. The SMILES string of the molecule is O=[N+]([O-])c1cccc2cnc3ccccc3c12. The Morgan fingerprint density at radius 2 is 1.88 bits per heavy atom. The Morgan fingerprint density at radius 1 is 1.06 bits per heavy atom. The van der Waals surface area contributed by atoms with Crippen LogP contribution in [0.25, 0.3) is 21.7 Å². The lowest BCUT2D eigenvalue weighted by Gasteiger charge is -2.03. The Hall–Kier alpha value is -2.49. The predicted molar refractivity (Wildman–Crippen MR) is 65.9 cm³/mol. The van der Waals surface area contributed by atoms with Gasteiger partial charge in [0.05, 0.1) is 15.8 Å². The van der Waals surface area contributed by atoms with Gasteiger partial charge in [-0.15, -0.1) is 0 Å². The normalized spacial score (nSPS) is 10.8. The lowest BCUT2D eigenvalue weighted by molar-refractivity contribution is -0.383. The Morgan fingerprint density at radius 3 is 2.71 bits per heavy atom. The number of non-ortho nitro benzene ring substituents is 1. The summed E-state index contributed by atoms with van der Waals surface area (Å²) in [7, 11) is 0. The topological polar surface area (TPSA) is 56.0 Å². The van der Waals surface area contributed by atoms with Crippen LogP contribution in [0.3, 0.4) is 0 Å². The van der Waals surface area contributed by atoms with Crippen LogP contribution in [0.4, 0.5) is 5.69 Å². The highest BCUT2D eigenvalue weighted by Gasteiger charge is 2.13. The van der Waals surface area contributed by atoms with Crippen molar-refractivity contribution >= 4 is 27.4 Å². The molecule has 4 nitrogen and oxygen atoms in total. The zero-order chi connectivity index (χ0) is 11.8. The summed E-state index contributed by atoms with van der Waals surface area (Å²) in [4.78, 5) is 15.0. The van der Waals surface area contributed by atoms with E-state index in [1.807, 2.05) is 30.3 Å². The number of hydrogen-bond acceptors (Lipinski definition) is 3. The van der Waals surface area contributed by atoms with Gasteiger partial charge < -0.3 is 0 Å². The molecule has 4 heteroatoms. The highest BCUT2D eigenvalue weighted by Crippen LogP contribution is 2.31. The summed E-state index contributed by atoms with van der Waals surface area (Å²) in [6, 6.07) is 12.5. The van der Waals surface area contributed by atoms with Crippen molar-refractivity contribution in [1.29, 1.82) is 0 Å². The molecule has 0 spiro atoms. The lowest BCUT2D eigenvalue weighted by atomic mass is 10.1. The van der Waals surface area contributed by atoms with Crippen molar-refractivity contribution in [2.24, 2.45) is 0 Å². The maximum absolute atomic E-state index is 11.0. The minimum Gasteiger partial charge on any atom is -0.258 e. The molecule has 0 aliphatic heterocycles. The summed E-state index contributed by atoms with van der Waals surface area (Å²) >= 11 is 0. The smallest absolute Gasteiger partial charge is 0.258 e. The Bertz CT molecular complexity index is 738. The first-order chi connectivity index (χ1) is 8.27. The van der Waals surface area contributed by atoms with Gasteiger partial charge in [0.2, 0.25) is 0 Å². The van der Waals surface area contributed by atoms with Gasteiger partial charge in [0.25, 0.3) is 5.69 Å². The van der Waals surface area contributed by atoms with Crippen LogP contribution >= 0.6 is 0 Å². The summed E-state index contributed by atoms with van der Waals surface area (Å²) < 4.78 is 0. The Labute approximate surface area is 96.7 Å². The monoisotopic (exact) mass is 224 g/mol. The summed E-state index contributed by atoms with van der Waals surface area (Å²) in [6.07, 6.45) is 1.67. The van der Waals surface area contributed by atoms with Crippen LogP contribution in [-0.4, -0.2) is 9.91 Å². The van der Waals surface area contributed by atoms with Crippen molar-refractivity contribution in [1.82, 2.24) is 4.98 Å². The van der Waals surface area contributed by atoms with Gasteiger partial charge >= 0.3 is 0 Å². The molecule has 0 aliphatic carbocycles. The average Bonchev–Trinajstić information content (AvgIpc) is 2.37. The Kier molecular flexibility index (Phi) is 2.01. The molecule has 0 atom stereocenters. The molecule has 1 aromatic heterocycles. The van der Waals surface area contributed by atoms with E-state index in [1.165, 1.54) is 6.07 Å². The molecule has 0 saturated carbocycles. The summed E-state index contributed by atoms with van der Waals surface area (Å²) in [5.74, 6) is 0. The van der Waals surface area contributed by atoms with Crippen LogP contribution in [0.1, 0.15) is 0 Å². The van der Waals surface area contributed by atoms with E-state index >= 15 is 0 Å². The number of rotatable bonds is 1. The van der Waals surface area contributed by atoms with Crippen LogP contribution in [0, 0.1) is 10.1 Å². The van der Waals surface area contributed by atoms with Crippen LogP contribution in [0.2, 0.25) is 0 Å². The number of hydrogen-bond donors (Lipinski definition) is 0. The molecule has 0 aliphatic rings. The molecule has 0 saturated heterocycles. The number of aromatic nitrogens is 1. The van der Waals surface area contributed by atoms with Gasteiger partial charge in [0, 0.05) is 23.0 Å². The van der Waals surface area contributed by atoms with E-state index < -0.39 is 0 Å². The number of nitrogens with zero attached hydrogens (tertiary/aromatic N) is 2. The maximum atomic E-state index is 11.0. The molecular weight excluding hydrogens is 216 g/mol. The van der Waals surface area contributed by atoms with Gasteiger partial charge in [-0.1, -0.05) is 30.3 Å². The third kappa shape index (κ3) is 1.42. The van der Waals surface area contributed by atoms with Crippen molar-refractivity contribution in [2.75, 3.05) is 0 Å². The third-order valence-electron chi connectivity index (χ3n) is 2.79. The quantitative estimate of drug-likeness (QED) is 0.362. The molecule has 0 radical (unpaired) electrons. The van der Waals surface area contributed by atoms with E-state index in [1.54, 1.807) is 12.3 Å². The molecule has 0 N–H and O–H groups in total. The van der Waals surface area contributed by atoms with Crippen LogP contribution in [-0.2, 0) is 0 Å². The standard InChI is InChI=1S/C13H8N2O2/c16-15(17)12-7-3-4-9-8-14-11-6-2-1-5-10(11)13(9)12/h1-8H. The van der Waals surface area contributed by atoms with Crippen molar-refractivity contribution < 1.29 is 4.92 Å². The van der Waals surface area contributed by atoms with E-state index in [2.05, 4.69) is 4.98 Å². The van der Waals surface area contributed by atoms with E-state index in [0.717, 1.165) is 16.3 Å². The van der Waals surface area contributed by atoms with Gasteiger partial charge in [-0.25, -0.2) is 0 Å². The van der Waals surface area contributed by atoms with Crippen molar-refractivity contribution in [3.05, 3.63) is 58.8 Å². The molecule has 0 amide bonds. The number of nitro groups is 1. The first-order valence-corrected chi connectivity index (χ1v) is 5.18. The van der Waals surface area contributed by atoms with Gasteiger partial charge in [-0.3, -0.25) is 15.1 Å². The second-order valence-electron chi connectivity index (χ2n) is 3.77. The third-order valence-corrected chi connectivity index (χ3v) is 2.79. The lowest BCUT2D eigenvalue weighted by Crippen LogP contribution is -1.91. The van der Waals surface area contributed by atoms with Crippen LogP contribution < -0.4 is 0 Å². The maximum Gasteiger partial charge on any atom is 0.277 e. The molecule has 2 aromatic carbocycles. The van der Waals surface area contributed by atoms with E-state index in [4.69, 9.17) is 0 Å². The molecule has 0 fully saturated rings. The largest absolute Gasteiger partial charge is 0.277 e. The second-order valence-corrected chi connectivity index (χ2v) is 3.77. The van der Waals surface area contributed by atoms with Gasteiger partial charge in [0.1, 0.15) is 0 Å². The fourth-order valence-corrected chi connectivity index (χ4v) is 2.05. The van der Waals surface area contributed by atoms with Crippen LogP contribution in [0.5, 0.6) is 0 Å². The molecular formula is C13H8N2O2. The molecule has 3 aromatic rings. The number of fused-ring (bicyclic) bond motifs is 3. The van der Waals surface area contributed by atoms with Crippen LogP contribution in [0.15, 0.2) is 48.7 Å².